The van der Waals surface area contributed by atoms with E-state index < -0.39 is 29.5 Å². The molecule has 1 fully saturated rings. The highest BCUT2D eigenvalue weighted by molar-refractivity contribution is 5.92. The number of benzene rings is 1. The fourth-order valence-corrected chi connectivity index (χ4v) is 3.33. The van der Waals surface area contributed by atoms with Crippen LogP contribution in [0, 0.1) is 5.41 Å². The maximum atomic E-state index is 13.1. The van der Waals surface area contributed by atoms with Crippen LogP contribution in [0.2, 0.25) is 0 Å². The van der Waals surface area contributed by atoms with Crippen LogP contribution in [0.1, 0.15) is 46.1 Å². The van der Waals surface area contributed by atoms with Crippen LogP contribution in [0.25, 0.3) is 0 Å². The molecule has 1 aliphatic heterocycles. The zero-order valence-electron chi connectivity index (χ0n) is 17.1. The molecule has 2 rings (SSSR count). The van der Waals surface area contributed by atoms with E-state index in [1.165, 1.54) is 4.90 Å². The van der Waals surface area contributed by atoms with Gasteiger partial charge in [-0.05, 0) is 30.7 Å². The fourth-order valence-electron chi connectivity index (χ4n) is 3.33. The van der Waals surface area contributed by atoms with E-state index in [2.05, 4.69) is 10.6 Å². The van der Waals surface area contributed by atoms with Crippen LogP contribution in [-0.2, 0) is 20.9 Å². The molecule has 1 aromatic rings. The van der Waals surface area contributed by atoms with E-state index in [4.69, 9.17) is 0 Å². The third kappa shape index (κ3) is 5.55. The van der Waals surface area contributed by atoms with Crippen molar-refractivity contribution in [1.29, 1.82) is 0 Å². The van der Waals surface area contributed by atoms with Crippen molar-refractivity contribution in [3.8, 4) is 0 Å². The Morgan fingerprint density at radius 1 is 1.21 bits per heavy atom. The third-order valence-corrected chi connectivity index (χ3v) is 5.07. The van der Waals surface area contributed by atoms with Gasteiger partial charge in [-0.3, -0.25) is 9.59 Å². The molecule has 2 amide bonds. The molecule has 0 radical (unpaired) electrons. The van der Waals surface area contributed by atoms with E-state index >= 15 is 0 Å². The highest BCUT2D eigenvalue weighted by Crippen LogP contribution is 2.26. The molecular formula is C21H31N3O4. The summed E-state index contributed by atoms with van der Waals surface area (Å²) in [6.07, 6.45) is 1.10. The molecular weight excluding hydrogens is 358 g/mol. The number of nitrogens with zero attached hydrogens (tertiary/aromatic N) is 1. The summed E-state index contributed by atoms with van der Waals surface area (Å²) in [5, 5.41) is 15.4. The first-order valence-electron chi connectivity index (χ1n) is 9.72. The Hall–Kier alpha value is -2.41. The van der Waals surface area contributed by atoms with Gasteiger partial charge in [0.2, 0.25) is 11.8 Å². The summed E-state index contributed by atoms with van der Waals surface area (Å²) in [7, 11) is 0. The predicted molar refractivity (Wildman–Crippen MR) is 107 cm³/mol. The van der Waals surface area contributed by atoms with Crippen LogP contribution in [0.15, 0.2) is 30.3 Å². The van der Waals surface area contributed by atoms with E-state index in [9.17, 15) is 19.5 Å². The number of carboxylic acids is 1. The van der Waals surface area contributed by atoms with E-state index in [-0.39, 0.29) is 11.8 Å². The van der Waals surface area contributed by atoms with Crippen molar-refractivity contribution < 1.29 is 19.5 Å². The maximum absolute atomic E-state index is 13.1. The minimum Gasteiger partial charge on any atom is -0.480 e. The number of carboxylic acid groups (broad SMARTS) is 1. The SMILES string of the molecule is CC(NCc1ccccc1)C(=O)NC(C(=O)N1CCCC1C(=O)O)C(C)(C)C. The lowest BCUT2D eigenvalue weighted by atomic mass is 9.85. The lowest BCUT2D eigenvalue weighted by Gasteiger charge is -2.35. The van der Waals surface area contributed by atoms with Gasteiger partial charge in [-0.15, -0.1) is 0 Å². The molecule has 1 aliphatic rings. The third-order valence-electron chi connectivity index (χ3n) is 5.07. The molecule has 28 heavy (non-hydrogen) atoms. The topological polar surface area (TPSA) is 98.7 Å². The first-order chi connectivity index (χ1) is 13.1. The number of hydrogen-bond acceptors (Lipinski definition) is 4. The minimum atomic E-state index is -0.997. The molecule has 1 aromatic carbocycles. The average Bonchev–Trinajstić information content (AvgIpc) is 3.13. The summed E-state index contributed by atoms with van der Waals surface area (Å²) >= 11 is 0. The van der Waals surface area contributed by atoms with Gasteiger partial charge in [0, 0.05) is 13.1 Å². The van der Waals surface area contributed by atoms with E-state index in [0.717, 1.165) is 5.56 Å². The van der Waals surface area contributed by atoms with Gasteiger partial charge in [-0.1, -0.05) is 51.1 Å². The van der Waals surface area contributed by atoms with Crippen LogP contribution in [0.3, 0.4) is 0 Å². The molecule has 0 bridgehead atoms. The standard InChI is InChI=1S/C21H31N3O4/c1-14(22-13-15-9-6-5-7-10-15)18(25)23-17(21(2,3)4)19(26)24-12-8-11-16(24)20(27)28/h5-7,9-10,14,16-17,22H,8,11-13H2,1-4H3,(H,23,25)(H,27,28). The summed E-state index contributed by atoms with van der Waals surface area (Å²) in [5.41, 5.74) is 0.518. The summed E-state index contributed by atoms with van der Waals surface area (Å²) < 4.78 is 0. The van der Waals surface area contributed by atoms with Crippen molar-refractivity contribution in [1.82, 2.24) is 15.5 Å². The summed E-state index contributed by atoms with van der Waals surface area (Å²) in [4.78, 5) is 38.6. The van der Waals surface area contributed by atoms with Crippen molar-refractivity contribution >= 4 is 17.8 Å². The molecule has 154 valence electrons. The van der Waals surface area contributed by atoms with Gasteiger partial charge < -0.3 is 20.6 Å². The fraction of sp³-hybridized carbons (Fsp3) is 0.571. The molecule has 3 N–H and O–H groups in total. The summed E-state index contributed by atoms with van der Waals surface area (Å²) in [6, 6.07) is 7.64. The second-order valence-corrected chi connectivity index (χ2v) is 8.42. The smallest absolute Gasteiger partial charge is 0.326 e. The Kier molecular flexibility index (Phi) is 7.18. The minimum absolute atomic E-state index is 0.282. The van der Waals surface area contributed by atoms with Gasteiger partial charge in [0.25, 0.3) is 0 Å². The first kappa shape index (κ1) is 21.9. The first-order valence-corrected chi connectivity index (χ1v) is 9.72. The van der Waals surface area contributed by atoms with Gasteiger partial charge in [0.15, 0.2) is 0 Å². The Morgan fingerprint density at radius 3 is 2.43 bits per heavy atom. The van der Waals surface area contributed by atoms with Crippen LogP contribution in [0.5, 0.6) is 0 Å². The van der Waals surface area contributed by atoms with Crippen LogP contribution in [-0.4, -0.2) is 52.5 Å². The number of rotatable bonds is 7. The predicted octanol–water partition coefficient (Wildman–Crippen LogP) is 1.77. The average molecular weight is 389 g/mol. The molecule has 3 unspecified atom stereocenters. The van der Waals surface area contributed by atoms with Crippen molar-refractivity contribution in [2.24, 2.45) is 5.41 Å². The zero-order chi connectivity index (χ0) is 20.9. The van der Waals surface area contributed by atoms with Crippen LogP contribution < -0.4 is 10.6 Å². The number of aliphatic carboxylic acids is 1. The Balaban J connectivity index is 2.03. The number of hydrogen-bond donors (Lipinski definition) is 3. The van der Waals surface area contributed by atoms with Gasteiger partial charge in [-0.25, -0.2) is 4.79 Å². The Bertz CT molecular complexity index is 699. The molecule has 0 saturated carbocycles. The van der Waals surface area contributed by atoms with E-state index in [1.54, 1.807) is 6.92 Å². The molecule has 0 spiro atoms. The molecule has 7 heteroatoms. The number of carbonyl (C=O) groups excluding carboxylic acids is 2. The van der Waals surface area contributed by atoms with Gasteiger partial charge >= 0.3 is 5.97 Å². The van der Waals surface area contributed by atoms with Crippen molar-refractivity contribution in [2.45, 2.75) is 65.2 Å². The highest BCUT2D eigenvalue weighted by Gasteiger charge is 2.42. The van der Waals surface area contributed by atoms with Crippen molar-refractivity contribution in [2.75, 3.05) is 6.54 Å². The van der Waals surface area contributed by atoms with E-state index in [1.807, 2.05) is 51.1 Å². The largest absolute Gasteiger partial charge is 0.480 e. The van der Waals surface area contributed by atoms with Gasteiger partial charge in [0.05, 0.1) is 6.04 Å². The Labute approximate surface area is 166 Å². The maximum Gasteiger partial charge on any atom is 0.326 e. The lowest BCUT2D eigenvalue weighted by Crippen LogP contribution is -2.59. The molecule has 3 atom stereocenters. The van der Waals surface area contributed by atoms with Crippen LogP contribution in [0.4, 0.5) is 0 Å². The number of carbonyl (C=O) groups is 3. The Morgan fingerprint density at radius 2 is 1.86 bits per heavy atom. The second kappa shape index (κ2) is 9.19. The summed E-state index contributed by atoms with van der Waals surface area (Å²) in [6.45, 7) is 8.28. The number of nitrogens with one attached hydrogen (secondary N) is 2. The number of amides is 2. The molecule has 0 aromatic heterocycles. The monoisotopic (exact) mass is 389 g/mol. The molecule has 0 aliphatic carbocycles. The molecule has 1 saturated heterocycles. The lowest BCUT2D eigenvalue weighted by molar-refractivity contribution is -0.150. The van der Waals surface area contributed by atoms with Crippen molar-refractivity contribution in [3.63, 3.8) is 0 Å². The van der Waals surface area contributed by atoms with Crippen LogP contribution >= 0.6 is 0 Å². The zero-order valence-corrected chi connectivity index (χ0v) is 17.1. The normalized spacial score (nSPS) is 19.1. The second-order valence-electron chi connectivity index (χ2n) is 8.42. The van der Waals surface area contributed by atoms with Gasteiger partial charge in [-0.2, -0.15) is 0 Å². The van der Waals surface area contributed by atoms with E-state index in [0.29, 0.717) is 25.9 Å². The molecule has 7 nitrogen and oxygen atoms in total. The number of likely N-dealkylation sites (tertiary alicyclic amines) is 1. The summed E-state index contributed by atoms with van der Waals surface area (Å²) in [5.74, 6) is -1.61. The van der Waals surface area contributed by atoms with Gasteiger partial charge in [0.1, 0.15) is 12.1 Å². The van der Waals surface area contributed by atoms with Crippen molar-refractivity contribution in [3.05, 3.63) is 35.9 Å². The quantitative estimate of drug-likeness (QED) is 0.660. The highest BCUT2D eigenvalue weighted by atomic mass is 16.4. The molecule has 1 heterocycles.